The fourth-order valence-corrected chi connectivity index (χ4v) is 4.84. The Labute approximate surface area is 219 Å². The third-order valence-corrected chi connectivity index (χ3v) is 11.7. The summed E-state index contributed by atoms with van der Waals surface area (Å²) >= 11 is 6.25. The number of fused-ring (bicyclic) bond motifs is 1. The van der Waals surface area contributed by atoms with E-state index in [1.54, 1.807) is 12.1 Å². The predicted molar refractivity (Wildman–Crippen MR) is 145 cm³/mol. The van der Waals surface area contributed by atoms with Gasteiger partial charge in [-0.15, -0.1) is 0 Å². The molecule has 0 atom stereocenters. The highest BCUT2D eigenvalue weighted by Gasteiger charge is 2.37. The molecular weight excluding hydrogens is 512 g/mol. The smallest absolute Gasteiger partial charge is 0.193 e. The van der Waals surface area contributed by atoms with Gasteiger partial charge in [0.25, 0.3) is 0 Å². The first-order valence-corrected chi connectivity index (χ1v) is 15.0. The van der Waals surface area contributed by atoms with E-state index < -0.39 is 25.4 Å². The van der Waals surface area contributed by atoms with E-state index in [0.717, 1.165) is 6.07 Å². The Hall–Kier alpha value is -3.38. The van der Waals surface area contributed by atoms with E-state index in [2.05, 4.69) is 43.8 Å². The van der Waals surface area contributed by atoms with Gasteiger partial charge in [-0.25, -0.2) is 8.78 Å². The Kier molecular flexibility index (Phi) is 7.08. The van der Waals surface area contributed by atoms with E-state index in [0.29, 0.717) is 23.4 Å². The molecule has 0 saturated heterocycles. The van der Waals surface area contributed by atoms with E-state index in [1.165, 1.54) is 30.5 Å². The van der Waals surface area contributed by atoms with Gasteiger partial charge in [-0.05, 0) is 48.5 Å². The topological polar surface area (TPSA) is 78.8 Å². The highest BCUT2D eigenvalue weighted by Crippen LogP contribution is 2.37. The van der Waals surface area contributed by atoms with Gasteiger partial charge in [0.05, 0.1) is 46.1 Å². The molecule has 0 unspecified atom stereocenters. The van der Waals surface area contributed by atoms with E-state index in [1.807, 2.05) is 6.07 Å². The van der Waals surface area contributed by atoms with Crippen molar-refractivity contribution < 1.29 is 13.2 Å². The van der Waals surface area contributed by atoms with Gasteiger partial charge >= 0.3 is 0 Å². The Morgan fingerprint density at radius 2 is 1.86 bits per heavy atom. The maximum absolute atomic E-state index is 15.6. The SMILES string of the molecule is CC(C)(C)[Si](C)(C)OCc1ccc(-c2c(F)cc3[nH]c(-c4cc(C#N)ccc4Cl)cc(=O)c3c2F)cn1. The highest BCUT2D eigenvalue weighted by molar-refractivity contribution is 6.74. The lowest BCUT2D eigenvalue weighted by molar-refractivity contribution is 0.272. The normalized spacial score (nSPS) is 12.1. The number of halogens is 3. The average Bonchev–Trinajstić information content (AvgIpc) is 2.82. The molecule has 0 aliphatic heterocycles. The molecule has 4 rings (SSSR count). The van der Waals surface area contributed by atoms with Gasteiger partial charge in [-0.3, -0.25) is 9.78 Å². The van der Waals surface area contributed by atoms with Gasteiger partial charge < -0.3 is 9.41 Å². The van der Waals surface area contributed by atoms with Crippen LogP contribution in [0.25, 0.3) is 33.3 Å². The molecule has 9 heteroatoms. The largest absolute Gasteiger partial charge is 0.411 e. The number of H-pyrrole nitrogens is 1. The zero-order valence-corrected chi connectivity index (χ0v) is 22.9. The first-order chi connectivity index (χ1) is 17.3. The molecule has 0 saturated carbocycles. The van der Waals surface area contributed by atoms with Gasteiger partial charge in [-0.1, -0.05) is 38.4 Å². The molecule has 5 nitrogen and oxygen atoms in total. The fraction of sp³-hybridized carbons (Fsp3) is 0.250. The maximum atomic E-state index is 15.6. The van der Waals surface area contributed by atoms with E-state index in [4.69, 9.17) is 16.0 Å². The van der Waals surface area contributed by atoms with Crippen molar-refractivity contribution in [2.24, 2.45) is 0 Å². The van der Waals surface area contributed by atoms with Gasteiger partial charge in [0, 0.05) is 28.4 Å². The first-order valence-electron chi connectivity index (χ1n) is 11.7. The van der Waals surface area contributed by atoms with Crippen molar-refractivity contribution in [3.63, 3.8) is 0 Å². The minimum absolute atomic E-state index is 0.0213. The summed E-state index contributed by atoms with van der Waals surface area (Å²) in [5, 5.41) is 9.23. The van der Waals surface area contributed by atoms with Crippen LogP contribution in [-0.4, -0.2) is 18.3 Å². The number of aromatic nitrogens is 2. The second-order valence-corrected chi connectivity index (χ2v) is 15.6. The summed E-state index contributed by atoms with van der Waals surface area (Å²) in [5.74, 6) is -1.83. The van der Waals surface area contributed by atoms with Crippen LogP contribution >= 0.6 is 11.6 Å². The standard InChI is InChI=1S/C28H26ClF2N3O2Si/c1-28(2,3)37(4,5)36-15-18-8-7-17(14-33-18)25-21(30)11-23-26(27(25)31)24(35)12-22(34-23)19-10-16(13-32)6-9-20(19)29/h6-12,14H,15H2,1-5H3,(H,34,35). The monoisotopic (exact) mass is 537 g/mol. The molecule has 190 valence electrons. The molecule has 0 aliphatic carbocycles. The Bertz CT molecular complexity index is 1600. The molecule has 0 fully saturated rings. The van der Waals surface area contributed by atoms with Crippen LogP contribution in [0.1, 0.15) is 32.0 Å². The highest BCUT2D eigenvalue weighted by atomic mass is 35.5. The van der Waals surface area contributed by atoms with E-state index in [-0.39, 0.29) is 37.8 Å². The van der Waals surface area contributed by atoms with Crippen molar-refractivity contribution in [1.29, 1.82) is 5.26 Å². The molecule has 2 aromatic heterocycles. The maximum Gasteiger partial charge on any atom is 0.193 e. The van der Waals surface area contributed by atoms with Crippen molar-refractivity contribution in [3.8, 4) is 28.5 Å². The molecule has 2 aromatic carbocycles. The van der Waals surface area contributed by atoms with Crippen LogP contribution in [0.4, 0.5) is 8.78 Å². The molecular formula is C28H26ClF2N3O2Si. The van der Waals surface area contributed by atoms with Gasteiger partial charge in [0.2, 0.25) is 0 Å². The molecule has 0 bridgehead atoms. The van der Waals surface area contributed by atoms with Crippen LogP contribution in [0.2, 0.25) is 23.2 Å². The number of pyridine rings is 2. The van der Waals surface area contributed by atoms with Gasteiger partial charge in [0.15, 0.2) is 13.7 Å². The van der Waals surface area contributed by atoms with Gasteiger partial charge in [-0.2, -0.15) is 5.26 Å². The third kappa shape index (κ3) is 5.21. The lowest BCUT2D eigenvalue weighted by Gasteiger charge is -2.36. The predicted octanol–water partition coefficient (Wildman–Crippen LogP) is 7.58. The minimum Gasteiger partial charge on any atom is -0.411 e. The van der Waals surface area contributed by atoms with E-state index >= 15 is 8.78 Å². The molecule has 0 radical (unpaired) electrons. The summed E-state index contributed by atoms with van der Waals surface area (Å²) in [6.07, 6.45) is 1.38. The Balaban J connectivity index is 1.72. The number of aromatic amines is 1. The number of benzene rings is 2. The number of nitriles is 1. The van der Waals surface area contributed by atoms with Crippen LogP contribution in [0.3, 0.4) is 0 Å². The van der Waals surface area contributed by atoms with Crippen LogP contribution in [0.5, 0.6) is 0 Å². The van der Waals surface area contributed by atoms with Crippen LogP contribution in [-0.2, 0) is 11.0 Å². The zero-order chi connectivity index (χ0) is 27.1. The number of nitrogens with one attached hydrogen (secondary N) is 1. The Morgan fingerprint density at radius 1 is 1.14 bits per heavy atom. The molecule has 2 heterocycles. The molecule has 4 aromatic rings. The van der Waals surface area contributed by atoms with Crippen molar-refractivity contribution in [1.82, 2.24) is 9.97 Å². The minimum atomic E-state index is -1.98. The molecule has 0 aliphatic rings. The van der Waals surface area contributed by atoms with Crippen LogP contribution in [0.15, 0.2) is 53.5 Å². The zero-order valence-electron chi connectivity index (χ0n) is 21.2. The summed E-state index contributed by atoms with van der Waals surface area (Å²) in [4.78, 5) is 20.2. The lowest BCUT2D eigenvalue weighted by atomic mass is 10.0. The van der Waals surface area contributed by atoms with Crippen LogP contribution in [0, 0.1) is 23.0 Å². The first kappa shape index (κ1) is 26.7. The molecule has 0 spiro atoms. The fourth-order valence-electron chi connectivity index (χ4n) is 3.68. The second kappa shape index (κ2) is 9.82. The summed E-state index contributed by atoms with van der Waals surface area (Å²) in [7, 11) is -1.98. The third-order valence-electron chi connectivity index (χ3n) is 6.90. The Morgan fingerprint density at radius 3 is 2.49 bits per heavy atom. The van der Waals surface area contributed by atoms with Crippen LogP contribution < -0.4 is 5.43 Å². The summed E-state index contributed by atoms with van der Waals surface area (Å²) in [6.45, 7) is 11.0. The quantitative estimate of drug-likeness (QED) is 0.266. The summed E-state index contributed by atoms with van der Waals surface area (Å²) in [6, 6.07) is 12.1. The number of hydrogen-bond donors (Lipinski definition) is 1. The van der Waals surface area contributed by atoms with Crippen molar-refractivity contribution in [2.45, 2.75) is 45.5 Å². The summed E-state index contributed by atoms with van der Waals surface area (Å²) < 4.78 is 36.9. The van der Waals surface area contributed by atoms with E-state index in [9.17, 15) is 10.1 Å². The van der Waals surface area contributed by atoms with Crippen molar-refractivity contribution in [2.75, 3.05) is 0 Å². The molecule has 37 heavy (non-hydrogen) atoms. The number of nitrogens with zero attached hydrogens (tertiary/aromatic N) is 2. The summed E-state index contributed by atoms with van der Waals surface area (Å²) in [5.41, 5.74) is 0.817. The second-order valence-electron chi connectivity index (χ2n) is 10.4. The number of hydrogen-bond acceptors (Lipinski definition) is 4. The average molecular weight is 538 g/mol. The van der Waals surface area contributed by atoms with Crippen molar-refractivity contribution in [3.05, 3.63) is 86.8 Å². The lowest BCUT2D eigenvalue weighted by Crippen LogP contribution is -2.40. The van der Waals surface area contributed by atoms with Gasteiger partial charge in [0.1, 0.15) is 11.6 Å². The molecule has 1 N–H and O–H groups in total. The number of rotatable bonds is 5. The molecule has 0 amide bonds. The van der Waals surface area contributed by atoms with Crippen molar-refractivity contribution >= 4 is 30.8 Å².